The molecule has 128 valence electrons. The van der Waals surface area contributed by atoms with Crippen LogP contribution >= 0.6 is 0 Å². The number of para-hydroxylation sites is 1. The lowest BCUT2D eigenvalue weighted by Gasteiger charge is -2.21. The molecule has 0 spiro atoms. The van der Waals surface area contributed by atoms with Crippen molar-refractivity contribution in [3.63, 3.8) is 0 Å². The number of aryl methyl sites for hydroxylation is 2. The second kappa shape index (κ2) is 6.10. The number of aliphatic imine (C=N–C) groups is 1. The van der Waals surface area contributed by atoms with Gasteiger partial charge in [-0.25, -0.2) is 0 Å². The third-order valence-corrected chi connectivity index (χ3v) is 5.50. The van der Waals surface area contributed by atoms with E-state index in [-0.39, 0.29) is 0 Å². The Morgan fingerprint density at radius 3 is 2.88 bits per heavy atom. The summed E-state index contributed by atoms with van der Waals surface area (Å²) in [6, 6.07) is 15.5. The summed E-state index contributed by atoms with van der Waals surface area (Å²) in [5.41, 5.74) is 3.89. The van der Waals surface area contributed by atoms with E-state index >= 15 is 0 Å². The normalized spacial score (nSPS) is 20.7. The summed E-state index contributed by atoms with van der Waals surface area (Å²) in [7, 11) is 0. The highest BCUT2D eigenvalue weighted by Crippen LogP contribution is 2.36. The molecule has 4 heteroatoms. The Kier molecular flexibility index (Phi) is 3.62. The first kappa shape index (κ1) is 14.8. The number of hydrogen-bond acceptors (Lipinski definition) is 4. The van der Waals surface area contributed by atoms with E-state index in [9.17, 15) is 0 Å². The SMILES string of the molecule is c1ccc(C2=NCC3CCCN23)c(CCc2cccc3c2OCO3)c1. The predicted molar refractivity (Wildman–Crippen MR) is 97.5 cm³/mol. The largest absolute Gasteiger partial charge is 0.454 e. The van der Waals surface area contributed by atoms with Crippen molar-refractivity contribution in [3.05, 3.63) is 59.2 Å². The number of fused-ring (bicyclic) bond motifs is 2. The molecular formula is C21H22N2O2. The highest BCUT2D eigenvalue weighted by Gasteiger charge is 2.33. The first-order valence-corrected chi connectivity index (χ1v) is 9.17. The van der Waals surface area contributed by atoms with E-state index in [1.54, 1.807) is 0 Å². The molecular weight excluding hydrogens is 312 g/mol. The van der Waals surface area contributed by atoms with E-state index in [2.05, 4.69) is 35.2 Å². The van der Waals surface area contributed by atoms with E-state index in [1.165, 1.54) is 35.4 Å². The number of hydrogen-bond donors (Lipinski definition) is 0. The van der Waals surface area contributed by atoms with Crippen LogP contribution in [-0.2, 0) is 12.8 Å². The third-order valence-electron chi connectivity index (χ3n) is 5.50. The summed E-state index contributed by atoms with van der Waals surface area (Å²) >= 11 is 0. The van der Waals surface area contributed by atoms with Gasteiger partial charge in [-0.15, -0.1) is 0 Å². The molecule has 3 heterocycles. The Labute approximate surface area is 148 Å². The molecule has 0 aromatic heterocycles. The van der Waals surface area contributed by atoms with Crippen LogP contribution in [-0.4, -0.2) is 36.7 Å². The van der Waals surface area contributed by atoms with Gasteiger partial charge in [0.05, 0.1) is 12.6 Å². The van der Waals surface area contributed by atoms with Crippen molar-refractivity contribution < 1.29 is 9.47 Å². The number of ether oxygens (including phenoxy) is 2. The van der Waals surface area contributed by atoms with Crippen LogP contribution in [0.5, 0.6) is 11.5 Å². The minimum atomic E-state index is 0.329. The molecule has 2 aromatic carbocycles. The van der Waals surface area contributed by atoms with E-state index < -0.39 is 0 Å². The van der Waals surface area contributed by atoms with Crippen molar-refractivity contribution in [1.29, 1.82) is 0 Å². The molecule has 2 aromatic rings. The number of amidine groups is 1. The van der Waals surface area contributed by atoms with Crippen LogP contribution in [0.3, 0.4) is 0 Å². The Balaban J connectivity index is 1.40. The second-order valence-electron chi connectivity index (χ2n) is 6.96. The summed E-state index contributed by atoms with van der Waals surface area (Å²) < 4.78 is 11.1. The van der Waals surface area contributed by atoms with Crippen molar-refractivity contribution in [2.24, 2.45) is 4.99 Å². The van der Waals surface area contributed by atoms with Crippen LogP contribution in [0.15, 0.2) is 47.5 Å². The molecule has 1 saturated heterocycles. The third kappa shape index (κ3) is 2.56. The van der Waals surface area contributed by atoms with Gasteiger partial charge in [-0.2, -0.15) is 0 Å². The lowest BCUT2D eigenvalue weighted by Crippen LogP contribution is -2.32. The first-order valence-electron chi connectivity index (χ1n) is 9.17. The van der Waals surface area contributed by atoms with Gasteiger partial charge in [-0.05, 0) is 42.9 Å². The van der Waals surface area contributed by atoms with Crippen molar-refractivity contribution in [1.82, 2.24) is 4.90 Å². The summed E-state index contributed by atoms with van der Waals surface area (Å²) in [6.07, 6.45) is 4.50. The molecule has 1 unspecified atom stereocenters. The highest BCUT2D eigenvalue weighted by molar-refractivity contribution is 6.01. The Hall–Kier alpha value is -2.49. The number of rotatable bonds is 4. The van der Waals surface area contributed by atoms with Crippen molar-refractivity contribution in [2.75, 3.05) is 19.9 Å². The molecule has 0 aliphatic carbocycles. The fourth-order valence-corrected chi connectivity index (χ4v) is 4.24. The lowest BCUT2D eigenvalue weighted by molar-refractivity contribution is 0.173. The van der Waals surface area contributed by atoms with Crippen LogP contribution in [0.1, 0.15) is 29.5 Å². The molecule has 0 saturated carbocycles. The lowest BCUT2D eigenvalue weighted by atomic mass is 9.98. The molecule has 0 bridgehead atoms. The molecule has 3 aliphatic rings. The molecule has 0 N–H and O–H groups in total. The van der Waals surface area contributed by atoms with Crippen LogP contribution < -0.4 is 9.47 Å². The fourth-order valence-electron chi connectivity index (χ4n) is 4.24. The van der Waals surface area contributed by atoms with Gasteiger partial charge in [0.2, 0.25) is 6.79 Å². The Morgan fingerprint density at radius 2 is 1.88 bits per heavy atom. The van der Waals surface area contributed by atoms with Gasteiger partial charge in [0.1, 0.15) is 5.84 Å². The van der Waals surface area contributed by atoms with Crippen LogP contribution in [0.4, 0.5) is 0 Å². The monoisotopic (exact) mass is 334 g/mol. The quantitative estimate of drug-likeness (QED) is 0.859. The Bertz CT molecular complexity index is 830. The van der Waals surface area contributed by atoms with Crippen molar-refractivity contribution in [3.8, 4) is 11.5 Å². The standard InChI is InChI=1S/C21H22N2O2/c1-2-8-18(21-22-13-17-7-4-12-23(17)21)15(5-1)10-11-16-6-3-9-19-20(16)25-14-24-19/h1-3,5-6,8-9,17H,4,7,10-14H2. The zero-order valence-corrected chi connectivity index (χ0v) is 14.3. The van der Waals surface area contributed by atoms with E-state index in [1.807, 2.05) is 12.1 Å². The molecule has 1 atom stereocenters. The molecule has 4 nitrogen and oxygen atoms in total. The molecule has 5 rings (SSSR count). The molecule has 1 fully saturated rings. The molecule has 3 aliphatic heterocycles. The van der Waals surface area contributed by atoms with Gasteiger partial charge in [0.15, 0.2) is 11.5 Å². The topological polar surface area (TPSA) is 34.1 Å². The Morgan fingerprint density at radius 1 is 1.00 bits per heavy atom. The van der Waals surface area contributed by atoms with Crippen LogP contribution in [0.2, 0.25) is 0 Å². The maximum Gasteiger partial charge on any atom is 0.231 e. The van der Waals surface area contributed by atoms with Crippen molar-refractivity contribution in [2.45, 2.75) is 31.7 Å². The van der Waals surface area contributed by atoms with Gasteiger partial charge in [-0.3, -0.25) is 4.99 Å². The average Bonchev–Trinajstić information content (AvgIpc) is 3.36. The second-order valence-corrected chi connectivity index (χ2v) is 6.96. The predicted octanol–water partition coefficient (Wildman–Crippen LogP) is 3.43. The van der Waals surface area contributed by atoms with E-state index in [4.69, 9.17) is 14.5 Å². The highest BCUT2D eigenvalue weighted by atomic mass is 16.7. The van der Waals surface area contributed by atoms with Gasteiger partial charge in [0.25, 0.3) is 0 Å². The fraction of sp³-hybridized carbons (Fsp3) is 0.381. The molecule has 0 amide bonds. The summed E-state index contributed by atoms with van der Waals surface area (Å²) in [4.78, 5) is 7.37. The minimum absolute atomic E-state index is 0.329. The summed E-state index contributed by atoms with van der Waals surface area (Å²) in [5.74, 6) is 2.99. The van der Waals surface area contributed by atoms with Crippen LogP contribution in [0.25, 0.3) is 0 Å². The van der Waals surface area contributed by atoms with Gasteiger partial charge in [-0.1, -0.05) is 36.4 Å². The van der Waals surface area contributed by atoms with E-state index in [0.29, 0.717) is 12.8 Å². The summed E-state index contributed by atoms with van der Waals surface area (Å²) in [6.45, 7) is 2.44. The van der Waals surface area contributed by atoms with Gasteiger partial charge in [0, 0.05) is 12.1 Å². The van der Waals surface area contributed by atoms with E-state index in [0.717, 1.165) is 37.4 Å². The maximum atomic E-state index is 5.65. The van der Waals surface area contributed by atoms with Crippen molar-refractivity contribution >= 4 is 5.84 Å². The average molecular weight is 334 g/mol. The molecule has 0 radical (unpaired) electrons. The zero-order valence-electron chi connectivity index (χ0n) is 14.3. The van der Waals surface area contributed by atoms with Crippen LogP contribution in [0, 0.1) is 0 Å². The van der Waals surface area contributed by atoms with Gasteiger partial charge >= 0.3 is 0 Å². The smallest absolute Gasteiger partial charge is 0.231 e. The number of benzene rings is 2. The minimum Gasteiger partial charge on any atom is -0.454 e. The molecule has 25 heavy (non-hydrogen) atoms. The number of nitrogens with zero attached hydrogens (tertiary/aromatic N) is 2. The maximum absolute atomic E-state index is 5.65. The van der Waals surface area contributed by atoms with Gasteiger partial charge < -0.3 is 14.4 Å². The zero-order chi connectivity index (χ0) is 16.6. The first-order chi connectivity index (χ1) is 12.4. The summed E-state index contributed by atoms with van der Waals surface area (Å²) in [5, 5.41) is 0.